The molecule has 0 aliphatic carbocycles. The summed E-state index contributed by atoms with van der Waals surface area (Å²) in [5.41, 5.74) is 1.40. The summed E-state index contributed by atoms with van der Waals surface area (Å²) in [5, 5.41) is 9.17. The number of benzene rings is 2. The number of carboxylic acids is 1. The SMILES string of the molecule is O=C(O)CCN1CCC2(CC1)COc1cc(OCc3c(Cl)cccc3OC(F)F)ccc12. The Bertz CT molecular complexity index is 979. The third-order valence-electron chi connectivity index (χ3n) is 6.16. The van der Waals surface area contributed by atoms with E-state index in [1.54, 1.807) is 12.1 Å². The Hall–Kier alpha value is -2.58. The van der Waals surface area contributed by atoms with E-state index in [2.05, 4.69) is 9.64 Å². The lowest BCUT2D eigenvalue weighted by atomic mass is 9.74. The van der Waals surface area contributed by atoms with Crippen molar-refractivity contribution in [3.8, 4) is 17.2 Å². The third-order valence-corrected chi connectivity index (χ3v) is 6.51. The number of fused-ring (bicyclic) bond motifs is 2. The van der Waals surface area contributed by atoms with Crippen molar-refractivity contribution in [2.45, 2.75) is 37.9 Å². The Balaban J connectivity index is 1.42. The van der Waals surface area contributed by atoms with E-state index in [1.807, 2.05) is 18.2 Å². The van der Waals surface area contributed by atoms with Gasteiger partial charge in [-0.1, -0.05) is 23.7 Å². The van der Waals surface area contributed by atoms with Crippen LogP contribution in [0.15, 0.2) is 36.4 Å². The Morgan fingerprint density at radius 1 is 1.25 bits per heavy atom. The lowest BCUT2D eigenvalue weighted by Crippen LogP contribution is -2.44. The van der Waals surface area contributed by atoms with Crippen LogP contribution in [0.1, 0.15) is 30.4 Å². The molecule has 2 aromatic rings. The molecule has 172 valence electrons. The predicted octanol–water partition coefficient (Wildman–Crippen LogP) is 4.72. The summed E-state index contributed by atoms with van der Waals surface area (Å²) >= 11 is 6.16. The number of hydrogen-bond acceptors (Lipinski definition) is 5. The van der Waals surface area contributed by atoms with Crippen LogP contribution in [0.3, 0.4) is 0 Å². The van der Waals surface area contributed by atoms with Gasteiger partial charge < -0.3 is 24.2 Å². The van der Waals surface area contributed by atoms with E-state index < -0.39 is 12.6 Å². The molecule has 0 aromatic heterocycles. The lowest BCUT2D eigenvalue weighted by Gasteiger charge is -2.38. The topological polar surface area (TPSA) is 68.2 Å². The maximum absolute atomic E-state index is 12.7. The standard InChI is InChI=1S/C23H24ClF2NO5/c24-18-2-1-3-19(32-22(25)26)16(18)13-30-15-4-5-17-20(12-15)31-14-23(17)7-10-27(11-8-23)9-6-21(28)29/h1-5,12,22H,6-11,13-14H2,(H,28,29). The number of nitrogens with zero attached hydrogens (tertiary/aromatic N) is 1. The average molecular weight is 468 g/mol. The molecule has 1 spiro atoms. The zero-order chi connectivity index (χ0) is 22.7. The molecule has 2 heterocycles. The van der Waals surface area contributed by atoms with Crippen molar-refractivity contribution < 1.29 is 32.9 Å². The van der Waals surface area contributed by atoms with Gasteiger partial charge in [-0.25, -0.2) is 0 Å². The fraction of sp³-hybridized carbons (Fsp3) is 0.435. The predicted molar refractivity (Wildman–Crippen MR) is 114 cm³/mol. The molecular weight excluding hydrogens is 444 g/mol. The van der Waals surface area contributed by atoms with E-state index in [4.69, 9.17) is 26.2 Å². The largest absolute Gasteiger partial charge is 0.492 e. The highest BCUT2D eigenvalue weighted by molar-refractivity contribution is 6.31. The molecule has 2 aliphatic heterocycles. The van der Waals surface area contributed by atoms with E-state index in [0.717, 1.165) is 37.2 Å². The normalized spacial score (nSPS) is 17.2. The second-order valence-corrected chi connectivity index (χ2v) is 8.50. The van der Waals surface area contributed by atoms with Crippen LogP contribution in [0.25, 0.3) is 0 Å². The lowest BCUT2D eigenvalue weighted by molar-refractivity contribution is -0.137. The minimum atomic E-state index is -2.95. The summed E-state index contributed by atoms with van der Waals surface area (Å²) in [6.07, 6.45) is 1.94. The zero-order valence-electron chi connectivity index (χ0n) is 17.4. The van der Waals surface area contributed by atoms with E-state index in [0.29, 0.717) is 24.5 Å². The van der Waals surface area contributed by atoms with E-state index in [1.165, 1.54) is 6.07 Å². The molecule has 0 radical (unpaired) electrons. The summed E-state index contributed by atoms with van der Waals surface area (Å²) in [6, 6.07) is 10.2. The summed E-state index contributed by atoms with van der Waals surface area (Å²) in [4.78, 5) is 13.0. The quantitative estimate of drug-likeness (QED) is 0.606. The Kier molecular flexibility index (Phi) is 6.71. The molecule has 32 heavy (non-hydrogen) atoms. The molecule has 6 nitrogen and oxygen atoms in total. The number of rotatable bonds is 8. The molecule has 0 bridgehead atoms. The van der Waals surface area contributed by atoms with Gasteiger partial charge in [0.2, 0.25) is 0 Å². The minimum Gasteiger partial charge on any atom is -0.492 e. The highest BCUT2D eigenvalue weighted by Crippen LogP contribution is 2.46. The molecule has 2 aliphatic rings. The van der Waals surface area contributed by atoms with Crippen molar-refractivity contribution in [1.29, 1.82) is 0 Å². The molecule has 9 heteroatoms. The molecule has 4 rings (SSSR count). The van der Waals surface area contributed by atoms with E-state index in [-0.39, 0.29) is 29.2 Å². The number of aliphatic carboxylic acids is 1. The molecule has 0 amide bonds. The molecule has 1 saturated heterocycles. The van der Waals surface area contributed by atoms with Crippen molar-refractivity contribution in [2.24, 2.45) is 0 Å². The summed E-state index contributed by atoms with van der Waals surface area (Å²) in [7, 11) is 0. The summed E-state index contributed by atoms with van der Waals surface area (Å²) in [6.45, 7) is -0.181. The van der Waals surface area contributed by atoms with Crippen LogP contribution in [0.2, 0.25) is 5.02 Å². The highest BCUT2D eigenvalue weighted by atomic mass is 35.5. The number of ether oxygens (including phenoxy) is 3. The number of piperidine rings is 1. The number of alkyl halides is 2. The summed E-state index contributed by atoms with van der Waals surface area (Å²) < 4.78 is 41.7. The number of hydrogen-bond donors (Lipinski definition) is 1. The Morgan fingerprint density at radius 2 is 2.03 bits per heavy atom. The van der Waals surface area contributed by atoms with Gasteiger partial charge in [0.15, 0.2) is 0 Å². The van der Waals surface area contributed by atoms with Gasteiger partial charge in [-0.2, -0.15) is 8.78 Å². The van der Waals surface area contributed by atoms with Crippen LogP contribution in [0, 0.1) is 0 Å². The first-order valence-corrected chi connectivity index (χ1v) is 10.8. The monoisotopic (exact) mass is 467 g/mol. The average Bonchev–Trinajstić information content (AvgIpc) is 3.10. The van der Waals surface area contributed by atoms with Gasteiger partial charge in [-0.3, -0.25) is 4.79 Å². The van der Waals surface area contributed by atoms with Gasteiger partial charge in [0.25, 0.3) is 0 Å². The molecule has 2 aromatic carbocycles. The molecule has 0 atom stereocenters. The van der Waals surface area contributed by atoms with Gasteiger partial charge in [-0.15, -0.1) is 0 Å². The number of carboxylic acid groups (broad SMARTS) is 1. The second kappa shape index (κ2) is 9.50. The van der Waals surface area contributed by atoms with Crippen LogP contribution < -0.4 is 14.2 Å². The number of carbonyl (C=O) groups is 1. The smallest absolute Gasteiger partial charge is 0.387 e. The number of likely N-dealkylation sites (tertiary alicyclic amines) is 1. The van der Waals surface area contributed by atoms with E-state index >= 15 is 0 Å². The fourth-order valence-corrected chi connectivity index (χ4v) is 4.58. The van der Waals surface area contributed by atoms with Crippen molar-refractivity contribution in [1.82, 2.24) is 4.90 Å². The highest BCUT2D eigenvalue weighted by Gasteiger charge is 2.43. The Morgan fingerprint density at radius 3 is 2.75 bits per heavy atom. The first-order chi connectivity index (χ1) is 15.4. The van der Waals surface area contributed by atoms with Crippen LogP contribution in [0.5, 0.6) is 17.2 Å². The molecule has 1 fully saturated rings. The minimum absolute atomic E-state index is 0.0153. The zero-order valence-corrected chi connectivity index (χ0v) is 18.1. The molecule has 0 unspecified atom stereocenters. The van der Waals surface area contributed by atoms with E-state index in [9.17, 15) is 13.6 Å². The fourth-order valence-electron chi connectivity index (χ4n) is 4.36. The van der Waals surface area contributed by atoms with Crippen molar-refractivity contribution in [3.63, 3.8) is 0 Å². The Labute approximate surface area is 189 Å². The van der Waals surface area contributed by atoms with Crippen molar-refractivity contribution >= 4 is 17.6 Å². The third kappa shape index (κ3) is 4.91. The first-order valence-electron chi connectivity index (χ1n) is 10.4. The van der Waals surface area contributed by atoms with Crippen molar-refractivity contribution in [2.75, 3.05) is 26.2 Å². The van der Waals surface area contributed by atoms with Gasteiger partial charge in [0.05, 0.1) is 23.6 Å². The van der Waals surface area contributed by atoms with Crippen LogP contribution >= 0.6 is 11.6 Å². The maximum Gasteiger partial charge on any atom is 0.387 e. The maximum atomic E-state index is 12.7. The van der Waals surface area contributed by atoms with Gasteiger partial charge >= 0.3 is 12.6 Å². The van der Waals surface area contributed by atoms with Gasteiger partial charge in [0.1, 0.15) is 23.9 Å². The van der Waals surface area contributed by atoms with Crippen LogP contribution in [-0.2, 0) is 16.8 Å². The summed E-state index contributed by atoms with van der Waals surface area (Å²) in [5.74, 6) is 0.503. The molecular formula is C23H24ClF2NO5. The van der Waals surface area contributed by atoms with Crippen LogP contribution in [-0.4, -0.2) is 48.8 Å². The van der Waals surface area contributed by atoms with Gasteiger partial charge in [-0.05, 0) is 44.1 Å². The van der Waals surface area contributed by atoms with Gasteiger partial charge in [0, 0.05) is 23.6 Å². The second-order valence-electron chi connectivity index (χ2n) is 8.10. The first kappa shape index (κ1) is 22.6. The van der Waals surface area contributed by atoms with Crippen LogP contribution in [0.4, 0.5) is 8.78 Å². The van der Waals surface area contributed by atoms with Crippen molar-refractivity contribution in [3.05, 3.63) is 52.5 Å². The number of halogens is 3. The molecule has 1 N–H and O–H groups in total. The molecule has 0 saturated carbocycles.